The molecule has 1 aliphatic carbocycles. The molecule has 0 radical (unpaired) electrons. The van der Waals surface area contributed by atoms with Gasteiger partial charge in [-0.3, -0.25) is 0 Å². The second-order valence-corrected chi connectivity index (χ2v) is 6.07. The number of hydrogen-bond donors (Lipinski definition) is 1. The molecule has 0 unspecified atom stereocenters. The Balaban J connectivity index is 1.93. The first-order valence-corrected chi connectivity index (χ1v) is 7.69. The molecule has 4 nitrogen and oxygen atoms in total. The van der Waals surface area contributed by atoms with Gasteiger partial charge in [0.05, 0.1) is 5.39 Å². The summed E-state index contributed by atoms with van der Waals surface area (Å²) in [5, 5.41) is 4.87. The number of hydrogen-bond acceptors (Lipinski definition) is 5. The fourth-order valence-electron chi connectivity index (χ4n) is 2.52. The zero-order chi connectivity index (χ0) is 13.2. The second-order valence-electron chi connectivity index (χ2n) is 4.65. The lowest BCUT2D eigenvalue weighted by atomic mass is 10.2. The van der Waals surface area contributed by atoms with E-state index in [1.54, 1.807) is 18.4 Å². The molecule has 0 saturated heterocycles. The van der Waals surface area contributed by atoms with Crippen molar-refractivity contribution in [1.82, 2.24) is 9.97 Å². The molecule has 0 amide bonds. The number of aryl methyl sites for hydroxylation is 2. The largest absolute Gasteiger partial charge is 0.385 e. The smallest absolute Gasteiger partial charge is 0.225 e. The third-order valence-corrected chi connectivity index (χ3v) is 4.71. The molecule has 3 rings (SSSR count). The Hall–Kier alpha value is -0.910. The first kappa shape index (κ1) is 13.1. The van der Waals surface area contributed by atoms with E-state index in [9.17, 15) is 0 Å². The normalized spacial score (nSPS) is 14.0. The Morgan fingerprint density at radius 3 is 3.11 bits per heavy atom. The number of fused-ring (bicyclic) bond motifs is 3. The van der Waals surface area contributed by atoms with Crippen molar-refractivity contribution in [3.8, 4) is 0 Å². The lowest BCUT2D eigenvalue weighted by Crippen LogP contribution is -2.07. The van der Waals surface area contributed by atoms with Gasteiger partial charge in [0, 0.05) is 25.1 Å². The second kappa shape index (κ2) is 5.61. The predicted molar refractivity (Wildman–Crippen MR) is 79.4 cm³/mol. The predicted octanol–water partition coefficient (Wildman–Crippen LogP) is 3.28. The fourth-order valence-corrected chi connectivity index (χ4v) is 4.00. The van der Waals surface area contributed by atoms with E-state index in [0.29, 0.717) is 5.28 Å². The van der Waals surface area contributed by atoms with Crippen LogP contribution >= 0.6 is 22.9 Å². The molecule has 0 atom stereocenters. The molecule has 102 valence electrons. The minimum absolute atomic E-state index is 0.321. The van der Waals surface area contributed by atoms with Gasteiger partial charge in [0.25, 0.3) is 0 Å². The summed E-state index contributed by atoms with van der Waals surface area (Å²) < 4.78 is 5.05. The zero-order valence-corrected chi connectivity index (χ0v) is 12.4. The quantitative estimate of drug-likeness (QED) is 0.679. The maximum Gasteiger partial charge on any atom is 0.225 e. The maximum absolute atomic E-state index is 6.01. The summed E-state index contributed by atoms with van der Waals surface area (Å²) >= 11 is 7.76. The average Bonchev–Trinajstić information content (AvgIpc) is 2.93. The van der Waals surface area contributed by atoms with Crippen molar-refractivity contribution in [3.05, 3.63) is 15.7 Å². The van der Waals surface area contributed by atoms with E-state index in [4.69, 9.17) is 16.3 Å². The van der Waals surface area contributed by atoms with E-state index in [0.717, 1.165) is 43.1 Å². The van der Waals surface area contributed by atoms with Gasteiger partial charge in [-0.1, -0.05) is 0 Å². The van der Waals surface area contributed by atoms with Crippen molar-refractivity contribution >= 4 is 39.0 Å². The van der Waals surface area contributed by atoms with Crippen LogP contribution in [-0.2, 0) is 17.6 Å². The van der Waals surface area contributed by atoms with Crippen LogP contribution in [0, 0.1) is 0 Å². The van der Waals surface area contributed by atoms with Crippen molar-refractivity contribution in [3.63, 3.8) is 0 Å². The number of anilines is 1. The van der Waals surface area contributed by atoms with Crippen LogP contribution in [0.4, 0.5) is 5.82 Å². The van der Waals surface area contributed by atoms with E-state index in [1.165, 1.54) is 22.2 Å². The van der Waals surface area contributed by atoms with Crippen LogP contribution in [-0.4, -0.2) is 30.2 Å². The van der Waals surface area contributed by atoms with Gasteiger partial charge in [-0.15, -0.1) is 11.3 Å². The summed E-state index contributed by atoms with van der Waals surface area (Å²) in [6.07, 6.45) is 4.49. The molecule has 0 spiro atoms. The molecule has 19 heavy (non-hydrogen) atoms. The van der Waals surface area contributed by atoms with Crippen LogP contribution in [0.5, 0.6) is 0 Å². The summed E-state index contributed by atoms with van der Waals surface area (Å²) in [4.78, 5) is 11.2. The lowest BCUT2D eigenvalue weighted by Gasteiger charge is -2.08. The number of halogens is 1. The van der Waals surface area contributed by atoms with E-state index in [2.05, 4.69) is 15.3 Å². The number of rotatable bonds is 5. The molecule has 0 bridgehead atoms. The number of nitrogens with zero attached hydrogens (tertiary/aromatic N) is 2. The Labute approximate surface area is 121 Å². The molecular formula is C13H16ClN3OS. The van der Waals surface area contributed by atoms with Gasteiger partial charge in [-0.05, 0) is 42.8 Å². The number of thiophene rings is 1. The van der Waals surface area contributed by atoms with Gasteiger partial charge in [0.2, 0.25) is 5.28 Å². The van der Waals surface area contributed by atoms with Gasteiger partial charge < -0.3 is 10.1 Å². The number of nitrogens with one attached hydrogen (secondary N) is 1. The van der Waals surface area contributed by atoms with Gasteiger partial charge in [-0.2, -0.15) is 0 Å². The van der Waals surface area contributed by atoms with Crippen LogP contribution in [0.25, 0.3) is 10.2 Å². The Morgan fingerprint density at radius 1 is 1.37 bits per heavy atom. The van der Waals surface area contributed by atoms with Crippen molar-refractivity contribution in [1.29, 1.82) is 0 Å². The monoisotopic (exact) mass is 297 g/mol. The summed E-state index contributed by atoms with van der Waals surface area (Å²) in [5.74, 6) is 0.880. The molecule has 0 fully saturated rings. The highest BCUT2D eigenvalue weighted by atomic mass is 35.5. The highest BCUT2D eigenvalue weighted by molar-refractivity contribution is 7.19. The maximum atomic E-state index is 6.01. The van der Waals surface area contributed by atoms with E-state index in [-0.39, 0.29) is 0 Å². The van der Waals surface area contributed by atoms with Crippen molar-refractivity contribution in [2.75, 3.05) is 25.6 Å². The standard InChI is InChI=1S/C13H16ClN3OS/c1-18-7-3-6-15-11-10-8-4-2-5-9(8)19-12(10)17-13(14)16-11/h2-7H2,1H3,(H,15,16,17). The van der Waals surface area contributed by atoms with E-state index in [1.807, 2.05) is 0 Å². The van der Waals surface area contributed by atoms with Crippen LogP contribution < -0.4 is 5.32 Å². The lowest BCUT2D eigenvalue weighted by molar-refractivity contribution is 0.198. The molecule has 1 N–H and O–H groups in total. The van der Waals surface area contributed by atoms with Crippen LogP contribution in [0.1, 0.15) is 23.3 Å². The molecule has 1 aliphatic rings. The SMILES string of the molecule is COCCCNc1nc(Cl)nc2sc3c(c12)CCC3. The third kappa shape index (κ3) is 2.55. The number of aromatic nitrogens is 2. The van der Waals surface area contributed by atoms with E-state index >= 15 is 0 Å². The minimum atomic E-state index is 0.321. The zero-order valence-electron chi connectivity index (χ0n) is 10.8. The molecule has 2 heterocycles. The van der Waals surface area contributed by atoms with Crippen LogP contribution in [0.15, 0.2) is 0 Å². The number of methoxy groups -OCH3 is 1. The molecule has 0 aliphatic heterocycles. The van der Waals surface area contributed by atoms with Crippen LogP contribution in [0.3, 0.4) is 0 Å². The Morgan fingerprint density at radius 2 is 2.26 bits per heavy atom. The highest BCUT2D eigenvalue weighted by Crippen LogP contribution is 2.39. The van der Waals surface area contributed by atoms with Gasteiger partial charge in [0.15, 0.2) is 0 Å². The molecule has 6 heteroatoms. The molecule has 0 saturated carbocycles. The molecular weight excluding hydrogens is 282 g/mol. The highest BCUT2D eigenvalue weighted by Gasteiger charge is 2.21. The fraction of sp³-hybridized carbons (Fsp3) is 0.538. The topological polar surface area (TPSA) is 47.0 Å². The van der Waals surface area contributed by atoms with E-state index < -0.39 is 0 Å². The van der Waals surface area contributed by atoms with Gasteiger partial charge in [-0.25, -0.2) is 9.97 Å². The van der Waals surface area contributed by atoms with Gasteiger partial charge >= 0.3 is 0 Å². The Kier molecular flexibility index (Phi) is 3.86. The first-order chi connectivity index (χ1) is 9.29. The summed E-state index contributed by atoms with van der Waals surface area (Å²) in [5.41, 5.74) is 1.42. The average molecular weight is 298 g/mol. The van der Waals surface area contributed by atoms with Gasteiger partial charge in [0.1, 0.15) is 10.6 Å². The summed E-state index contributed by atoms with van der Waals surface area (Å²) in [6.45, 7) is 1.58. The first-order valence-electron chi connectivity index (χ1n) is 6.50. The molecule has 2 aromatic heterocycles. The Bertz CT molecular complexity index is 599. The van der Waals surface area contributed by atoms with Crippen molar-refractivity contribution in [2.24, 2.45) is 0 Å². The van der Waals surface area contributed by atoms with Crippen LogP contribution in [0.2, 0.25) is 5.28 Å². The third-order valence-electron chi connectivity index (χ3n) is 3.36. The molecule has 2 aromatic rings. The minimum Gasteiger partial charge on any atom is -0.385 e. The van der Waals surface area contributed by atoms with Crippen molar-refractivity contribution < 1.29 is 4.74 Å². The van der Waals surface area contributed by atoms with Crippen molar-refractivity contribution in [2.45, 2.75) is 25.7 Å². The molecule has 0 aromatic carbocycles. The number of ether oxygens (including phenoxy) is 1. The summed E-state index contributed by atoms with van der Waals surface area (Å²) in [6, 6.07) is 0. The summed E-state index contributed by atoms with van der Waals surface area (Å²) in [7, 11) is 1.71.